The minimum atomic E-state index is 0.221. The van der Waals surface area contributed by atoms with Gasteiger partial charge in [0.15, 0.2) is 0 Å². The molecule has 0 amide bonds. The lowest BCUT2D eigenvalue weighted by Gasteiger charge is -2.24. The Kier molecular flexibility index (Phi) is 5.45. The van der Waals surface area contributed by atoms with Crippen LogP contribution in [0, 0.1) is 0 Å². The molecule has 1 aromatic rings. The van der Waals surface area contributed by atoms with Crippen LogP contribution in [0.15, 0.2) is 24.3 Å². The van der Waals surface area contributed by atoms with Gasteiger partial charge in [0.1, 0.15) is 5.75 Å². The van der Waals surface area contributed by atoms with Crippen molar-refractivity contribution in [2.24, 2.45) is 5.73 Å². The highest BCUT2D eigenvalue weighted by Crippen LogP contribution is 2.21. The highest BCUT2D eigenvalue weighted by Gasteiger charge is 2.10. The monoisotopic (exact) mass is 236 g/mol. The second kappa shape index (κ2) is 6.62. The molecule has 0 aliphatic rings. The first-order valence-corrected chi connectivity index (χ1v) is 6.21. The number of nitrogens with two attached hydrogens (primary N) is 1. The number of hydrogen-bond acceptors (Lipinski definition) is 3. The van der Waals surface area contributed by atoms with E-state index in [1.165, 1.54) is 5.56 Å². The molecule has 0 fully saturated rings. The van der Waals surface area contributed by atoms with E-state index in [0.717, 1.165) is 12.3 Å². The van der Waals surface area contributed by atoms with Crippen molar-refractivity contribution in [3.63, 3.8) is 0 Å². The number of hydrogen-bond donors (Lipinski definition) is 1. The Morgan fingerprint density at radius 2 is 1.76 bits per heavy atom. The molecular formula is C14H24N2O. The van der Waals surface area contributed by atoms with Crippen LogP contribution in [0.3, 0.4) is 0 Å². The molecule has 0 spiro atoms. The van der Waals surface area contributed by atoms with E-state index in [0.29, 0.717) is 12.6 Å². The van der Waals surface area contributed by atoms with Gasteiger partial charge in [-0.15, -0.1) is 0 Å². The fraction of sp³-hybridized carbons (Fsp3) is 0.571. The molecule has 1 rings (SSSR count). The Morgan fingerprint density at radius 3 is 2.24 bits per heavy atom. The number of rotatable bonds is 6. The van der Waals surface area contributed by atoms with Gasteiger partial charge in [-0.3, -0.25) is 4.90 Å². The molecular weight excluding hydrogens is 212 g/mol. The van der Waals surface area contributed by atoms with Crippen LogP contribution in [0.2, 0.25) is 0 Å². The standard InChI is InChI=1S/C14H24N2O/c1-11(2)17-14-7-5-13(6-8-14)12(3)16(4)10-9-15/h5-8,11-12H,9-10,15H2,1-4H3. The zero-order chi connectivity index (χ0) is 12.8. The van der Waals surface area contributed by atoms with E-state index in [1.54, 1.807) is 0 Å². The van der Waals surface area contributed by atoms with E-state index in [-0.39, 0.29) is 6.10 Å². The van der Waals surface area contributed by atoms with Crippen molar-refractivity contribution in [2.75, 3.05) is 20.1 Å². The highest BCUT2D eigenvalue weighted by molar-refractivity contribution is 5.29. The van der Waals surface area contributed by atoms with E-state index in [2.05, 4.69) is 31.0 Å². The van der Waals surface area contributed by atoms with E-state index in [9.17, 15) is 0 Å². The van der Waals surface area contributed by atoms with Gasteiger partial charge in [-0.1, -0.05) is 12.1 Å². The van der Waals surface area contributed by atoms with Crippen LogP contribution in [0.5, 0.6) is 5.75 Å². The molecule has 2 N–H and O–H groups in total. The van der Waals surface area contributed by atoms with Crippen LogP contribution in [-0.4, -0.2) is 31.1 Å². The lowest BCUT2D eigenvalue weighted by molar-refractivity contribution is 0.241. The Bertz CT molecular complexity index is 321. The van der Waals surface area contributed by atoms with Crippen LogP contribution in [0.4, 0.5) is 0 Å². The van der Waals surface area contributed by atoms with Crippen molar-refractivity contribution in [1.82, 2.24) is 4.90 Å². The van der Waals surface area contributed by atoms with Gasteiger partial charge in [0.25, 0.3) is 0 Å². The third-order valence-corrected chi connectivity index (χ3v) is 2.88. The van der Waals surface area contributed by atoms with Crippen molar-refractivity contribution in [3.8, 4) is 5.75 Å². The average molecular weight is 236 g/mol. The molecule has 1 aromatic carbocycles. The fourth-order valence-corrected chi connectivity index (χ4v) is 1.75. The van der Waals surface area contributed by atoms with E-state index in [1.807, 2.05) is 26.0 Å². The van der Waals surface area contributed by atoms with Gasteiger partial charge in [0.2, 0.25) is 0 Å². The number of likely N-dealkylation sites (N-methyl/N-ethyl adjacent to an activating group) is 1. The van der Waals surface area contributed by atoms with Gasteiger partial charge < -0.3 is 10.5 Å². The molecule has 0 saturated heterocycles. The largest absolute Gasteiger partial charge is 0.491 e. The fourth-order valence-electron chi connectivity index (χ4n) is 1.75. The van der Waals surface area contributed by atoms with Crippen molar-refractivity contribution in [2.45, 2.75) is 32.9 Å². The Morgan fingerprint density at radius 1 is 1.18 bits per heavy atom. The molecule has 0 saturated carbocycles. The van der Waals surface area contributed by atoms with E-state index >= 15 is 0 Å². The molecule has 96 valence electrons. The molecule has 0 bridgehead atoms. The van der Waals surface area contributed by atoms with Crippen molar-refractivity contribution in [1.29, 1.82) is 0 Å². The van der Waals surface area contributed by atoms with Crippen LogP contribution in [0.1, 0.15) is 32.4 Å². The minimum absolute atomic E-state index is 0.221. The summed E-state index contributed by atoms with van der Waals surface area (Å²) in [4.78, 5) is 2.25. The maximum atomic E-state index is 5.62. The van der Waals surface area contributed by atoms with Crippen molar-refractivity contribution >= 4 is 0 Å². The molecule has 0 aromatic heterocycles. The first-order valence-electron chi connectivity index (χ1n) is 6.21. The molecule has 0 heterocycles. The van der Waals surface area contributed by atoms with Gasteiger partial charge in [-0.05, 0) is 45.5 Å². The third kappa shape index (κ3) is 4.36. The lowest BCUT2D eigenvalue weighted by Crippen LogP contribution is -2.28. The summed E-state index contributed by atoms with van der Waals surface area (Å²) < 4.78 is 5.62. The van der Waals surface area contributed by atoms with Gasteiger partial charge in [0, 0.05) is 19.1 Å². The molecule has 0 aliphatic carbocycles. The quantitative estimate of drug-likeness (QED) is 0.824. The SMILES string of the molecule is CC(C)Oc1ccc(C(C)N(C)CCN)cc1. The summed E-state index contributed by atoms with van der Waals surface area (Å²) in [5.74, 6) is 0.928. The molecule has 3 heteroatoms. The molecule has 3 nitrogen and oxygen atoms in total. The predicted octanol–water partition coefficient (Wildman–Crippen LogP) is 2.43. The number of benzene rings is 1. The normalized spacial score (nSPS) is 13.1. The van der Waals surface area contributed by atoms with Gasteiger partial charge in [0.05, 0.1) is 6.10 Å². The summed E-state index contributed by atoms with van der Waals surface area (Å²) in [6.07, 6.45) is 0.221. The molecule has 17 heavy (non-hydrogen) atoms. The van der Waals surface area contributed by atoms with Gasteiger partial charge in [-0.25, -0.2) is 0 Å². The maximum absolute atomic E-state index is 5.62. The zero-order valence-electron chi connectivity index (χ0n) is 11.3. The maximum Gasteiger partial charge on any atom is 0.119 e. The van der Waals surface area contributed by atoms with Crippen LogP contribution >= 0.6 is 0 Å². The summed E-state index contributed by atoms with van der Waals surface area (Å²) in [5.41, 5.74) is 6.85. The second-order valence-electron chi connectivity index (χ2n) is 4.68. The van der Waals surface area contributed by atoms with E-state index in [4.69, 9.17) is 10.5 Å². The molecule has 1 atom stereocenters. The smallest absolute Gasteiger partial charge is 0.119 e. The van der Waals surface area contributed by atoms with Crippen LogP contribution < -0.4 is 10.5 Å². The van der Waals surface area contributed by atoms with Crippen LogP contribution in [0.25, 0.3) is 0 Å². The predicted molar refractivity (Wildman–Crippen MR) is 72.3 cm³/mol. The third-order valence-electron chi connectivity index (χ3n) is 2.88. The molecule has 1 unspecified atom stereocenters. The summed E-state index contributed by atoms with van der Waals surface area (Å²) in [6, 6.07) is 8.68. The van der Waals surface area contributed by atoms with Crippen LogP contribution in [-0.2, 0) is 0 Å². The van der Waals surface area contributed by atoms with Gasteiger partial charge in [-0.2, -0.15) is 0 Å². The van der Waals surface area contributed by atoms with Crippen molar-refractivity contribution in [3.05, 3.63) is 29.8 Å². The Balaban J connectivity index is 2.66. The Labute approximate surface area is 105 Å². The highest BCUT2D eigenvalue weighted by atomic mass is 16.5. The zero-order valence-corrected chi connectivity index (χ0v) is 11.3. The topological polar surface area (TPSA) is 38.5 Å². The van der Waals surface area contributed by atoms with Gasteiger partial charge >= 0.3 is 0 Å². The molecule has 0 aliphatic heterocycles. The molecule has 0 radical (unpaired) electrons. The summed E-state index contributed by atoms with van der Waals surface area (Å²) >= 11 is 0. The first kappa shape index (κ1) is 14.0. The minimum Gasteiger partial charge on any atom is -0.491 e. The number of ether oxygens (including phenoxy) is 1. The summed E-state index contributed by atoms with van der Waals surface area (Å²) in [5, 5.41) is 0. The Hall–Kier alpha value is -1.06. The lowest BCUT2D eigenvalue weighted by atomic mass is 10.1. The average Bonchev–Trinajstić information content (AvgIpc) is 2.28. The first-order chi connectivity index (χ1) is 8.04. The van der Waals surface area contributed by atoms with E-state index < -0.39 is 0 Å². The number of nitrogens with zero attached hydrogens (tertiary/aromatic N) is 1. The van der Waals surface area contributed by atoms with Crippen molar-refractivity contribution < 1.29 is 4.74 Å². The summed E-state index contributed by atoms with van der Waals surface area (Å²) in [7, 11) is 2.09. The second-order valence-corrected chi connectivity index (χ2v) is 4.68. The summed E-state index contributed by atoms with van der Waals surface area (Å²) in [6.45, 7) is 7.85.